The van der Waals surface area contributed by atoms with Gasteiger partial charge in [-0.1, -0.05) is 13.8 Å². The Kier molecular flexibility index (Phi) is 6.39. The Hall–Kier alpha value is -3.48. The summed E-state index contributed by atoms with van der Waals surface area (Å²) in [5.74, 6) is 1.42. The fourth-order valence-corrected chi connectivity index (χ4v) is 2.47. The SMILES string of the molecule is COc1ccc(Oc2coc3cc(OCC(=O)OCC(C)C)ccc3c2=O)cc1. The average molecular weight is 398 g/mol. The summed E-state index contributed by atoms with van der Waals surface area (Å²) in [5.41, 5.74) is 0.00934. The maximum Gasteiger partial charge on any atom is 0.344 e. The first-order chi connectivity index (χ1) is 14.0. The van der Waals surface area contributed by atoms with Crippen LogP contribution < -0.4 is 19.6 Å². The monoisotopic (exact) mass is 398 g/mol. The molecule has 0 saturated carbocycles. The highest BCUT2D eigenvalue weighted by Crippen LogP contribution is 2.25. The summed E-state index contributed by atoms with van der Waals surface area (Å²) in [7, 11) is 1.57. The molecule has 0 N–H and O–H groups in total. The molecule has 29 heavy (non-hydrogen) atoms. The van der Waals surface area contributed by atoms with E-state index in [4.69, 9.17) is 23.4 Å². The predicted octanol–water partition coefficient (Wildman–Crippen LogP) is 4.17. The molecule has 0 spiro atoms. The Bertz CT molecular complexity index is 1040. The quantitative estimate of drug-likeness (QED) is 0.527. The zero-order valence-corrected chi connectivity index (χ0v) is 16.5. The van der Waals surface area contributed by atoms with E-state index in [9.17, 15) is 9.59 Å². The van der Waals surface area contributed by atoms with Crippen molar-refractivity contribution in [3.8, 4) is 23.0 Å². The van der Waals surface area contributed by atoms with Gasteiger partial charge >= 0.3 is 5.97 Å². The molecule has 7 nitrogen and oxygen atoms in total. The van der Waals surface area contributed by atoms with Gasteiger partial charge in [0.05, 0.1) is 19.1 Å². The van der Waals surface area contributed by atoms with Gasteiger partial charge in [0.1, 0.15) is 29.1 Å². The second kappa shape index (κ2) is 9.14. The molecule has 0 unspecified atom stereocenters. The summed E-state index contributed by atoms with van der Waals surface area (Å²) in [6.45, 7) is 4.02. The Morgan fingerprint density at radius 1 is 1.03 bits per heavy atom. The molecular formula is C22H22O7. The first kappa shape index (κ1) is 20.3. The van der Waals surface area contributed by atoms with Crippen LogP contribution in [0.3, 0.4) is 0 Å². The lowest BCUT2D eigenvalue weighted by atomic mass is 10.2. The summed E-state index contributed by atoms with van der Waals surface area (Å²) in [6, 6.07) is 11.5. The molecule has 152 valence electrons. The summed E-state index contributed by atoms with van der Waals surface area (Å²) in [4.78, 5) is 24.3. The number of hydrogen-bond donors (Lipinski definition) is 0. The Morgan fingerprint density at radius 3 is 2.41 bits per heavy atom. The molecule has 0 aliphatic carbocycles. The second-order valence-electron chi connectivity index (χ2n) is 6.73. The third-order valence-electron chi connectivity index (χ3n) is 3.94. The predicted molar refractivity (Wildman–Crippen MR) is 107 cm³/mol. The van der Waals surface area contributed by atoms with E-state index in [1.54, 1.807) is 49.6 Å². The zero-order valence-electron chi connectivity index (χ0n) is 16.5. The molecule has 0 aliphatic heterocycles. The van der Waals surface area contributed by atoms with E-state index < -0.39 is 5.97 Å². The zero-order chi connectivity index (χ0) is 20.8. The summed E-state index contributed by atoms with van der Waals surface area (Å²) < 4.78 is 26.7. The van der Waals surface area contributed by atoms with Crippen molar-refractivity contribution in [2.75, 3.05) is 20.3 Å². The molecule has 0 saturated heterocycles. The second-order valence-corrected chi connectivity index (χ2v) is 6.73. The van der Waals surface area contributed by atoms with Crippen LogP contribution in [0.1, 0.15) is 13.8 Å². The average Bonchev–Trinajstić information content (AvgIpc) is 2.73. The molecule has 0 bridgehead atoms. The van der Waals surface area contributed by atoms with Gasteiger partial charge in [-0.2, -0.15) is 0 Å². The van der Waals surface area contributed by atoms with Gasteiger partial charge in [-0.15, -0.1) is 0 Å². The number of rotatable bonds is 8. The molecule has 2 aromatic carbocycles. The van der Waals surface area contributed by atoms with Crippen molar-refractivity contribution in [3.05, 3.63) is 59.0 Å². The first-order valence-corrected chi connectivity index (χ1v) is 9.12. The van der Waals surface area contributed by atoms with Crippen molar-refractivity contribution in [2.24, 2.45) is 5.92 Å². The van der Waals surface area contributed by atoms with Crippen LogP contribution >= 0.6 is 0 Å². The Labute approximate surface area is 167 Å². The number of benzene rings is 2. The van der Waals surface area contributed by atoms with Crippen LogP contribution in [0.4, 0.5) is 0 Å². The molecule has 0 amide bonds. The number of ether oxygens (including phenoxy) is 4. The third-order valence-corrected chi connectivity index (χ3v) is 3.94. The maximum absolute atomic E-state index is 12.7. The number of methoxy groups -OCH3 is 1. The minimum absolute atomic E-state index is 0.0635. The molecule has 0 atom stereocenters. The van der Waals surface area contributed by atoms with E-state index in [0.29, 0.717) is 34.8 Å². The van der Waals surface area contributed by atoms with Crippen LogP contribution in [0, 0.1) is 5.92 Å². The van der Waals surface area contributed by atoms with Crippen molar-refractivity contribution in [3.63, 3.8) is 0 Å². The fourth-order valence-electron chi connectivity index (χ4n) is 2.47. The summed E-state index contributed by atoms with van der Waals surface area (Å²) >= 11 is 0. The number of fused-ring (bicyclic) bond motifs is 1. The van der Waals surface area contributed by atoms with Crippen molar-refractivity contribution in [1.82, 2.24) is 0 Å². The van der Waals surface area contributed by atoms with E-state index in [1.807, 2.05) is 13.8 Å². The highest BCUT2D eigenvalue weighted by molar-refractivity contribution is 5.79. The number of esters is 1. The van der Waals surface area contributed by atoms with Crippen molar-refractivity contribution >= 4 is 16.9 Å². The van der Waals surface area contributed by atoms with Crippen LogP contribution in [0.25, 0.3) is 11.0 Å². The molecule has 0 fully saturated rings. The largest absolute Gasteiger partial charge is 0.497 e. The Balaban J connectivity index is 1.71. The van der Waals surface area contributed by atoms with E-state index in [0.717, 1.165) is 0 Å². The molecule has 0 aliphatic rings. The molecule has 7 heteroatoms. The lowest BCUT2D eigenvalue weighted by Gasteiger charge is -2.09. The van der Waals surface area contributed by atoms with E-state index in [2.05, 4.69) is 0 Å². The van der Waals surface area contributed by atoms with Crippen molar-refractivity contribution in [2.45, 2.75) is 13.8 Å². The molecule has 3 rings (SSSR count). The van der Waals surface area contributed by atoms with Gasteiger partial charge in [0, 0.05) is 6.07 Å². The lowest BCUT2D eigenvalue weighted by molar-refractivity contribution is -0.147. The molecule has 0 radical (unpaired) electrons. The summed E-state index contributed by atoms with van der Waals surface area (Å²) in [5, 5.41) is 0.339. The highest BCUT2D eigenvalue weighted by Gasteiger charge is 2.12. The van der Waals surface area contributed by atoms with Crippen molar-refractivity contribution in [1.29, 1.82) is 0 Å². The minimum atomic E-state index is -0.455. The fraction of sp³-hybridized carbons (Fsp3) is 0.273. The van der Waals surface area contributed by atoms with Gasteiger partial charge in [0.2, 0.25) is 11.2 Å². The van der Waals surface area contributed by atoms with Gasteiger partial charge in [-0.05, 0) is 42.3 Å². The number of hydrogen-bond acceptors (Lipinski definition) is 7. The molecule has 1 aromatic heterocycles. The molecule has 3 aromatic rings. The van der Waals surface area contributed by atoms with Crippen LogP contribution in [0.15, 0.2) is 57.9 Å². The first-order valence-electron chi connectivity index (χ1n) is 9.12. The number of carbonyl (C=O) groups is 1. The lowest BCUT2D eigenvalue weighted by Crippen LogP contribution is -2.17. The van der Waals surface area contributed by atoms with Gasteiger partial charge in [0.25, 0.3) is 0 Å². The normalized spacial score (nSPS) is 10.8. The summed E-state index contributed by atoms with van der Waals surface area (Å²) in [6.07, 6.45) is 1.25. The van der Waals surface area contributed by atoms with Gasteiger partial charge in [-0.3, -0.25) is 4.79 Å². The van der Waals surface area contributed by atoms with Gasteiger partial charge in [0.15, 0.2) is 6.61 Å². The maximum atomic E-state index is 12.7. The van der Waals surface area contributed by atoms with Gasteiger partial charge in [-0.25, -0.2) is 4.79 Å². The van der Waals surface area contributed by atoms with Crippen LogP contribution in [0.5, 0.6) is 23.0 Å². The standard InChI is InChI=1S/C22H22O7/c1-14(2)11-28-21(23)13-26-17-8-9-18-19(10-17)27-12-20(22(18)24)29-16-6-4-15(25-3)5-7-16/h4-10,12,14H,11,13H2,1-3H3. The smallest absolute Gasteiger partial charge is 0.344 e. The molecular weight excluding hydrogens is 376 g/mol. The van der Waals surface area contributed by atoms with E-state index in [-0.39, 0.29) is 23.7 Å². The van der Waals surface area contributed by atoms with Crippen LogP contribution in [-0.4, -0.2) is 26.3 Å². The Morgan fingerprint density at radius 2 is 1.72 bits per heavy atom. The third kappa shape index (κ3) is 5.28. The van der Waals surface area contributed by atoms with Crippen LogP contribution in [-0.2, 0) is 9.53 Å². The van der Waals surface area contributed by atoms with E-state index in [1.165, 1.54) is 6.26 Å². The highest BCUT2D eigenvalue weighted by atomic mass is 16.6. The topological polar surface area (TPSA) is 84.2 Å². The van der Waals surface area contributed by atoms with E-state index >= 15 is 0 Å². The van der Waals surface area contributed by atoms with Gasteiger partial charge < -0.3 is 23.4 Å². The minimum Gasteiger partial charge on any atom is -0.497 e. The van der Waals surface area contributed by atoms with Crippen LogP contribution in [0.2, 0.25) is 0 Å². The van der Waals surface area contributed by atoms with Crippen molar-refractivity contribution < 1.29 is 28.2 Å². The number of carbonyl (C=O) groups excluding carboxylic acids is 1. The molecule has 1 heterocycles.